The molecule has 2 rings (SSSR count). The van der Waals surface area contributed by atoms with E-state index in [-0.39, 0.29) is 24.1 Å². The molecule has 1 aromatic heterocycles. The van der Waals surface area contributed by atoms with Crippen LogP contribution < -0.4 is 11.3 Å². The number of nitrogens with two attached hydrogens (primary N) is 1. The van der Waals surface area contributed by atoms with Crippen molar-refractivity contribution in [2.45, 2.75) is 31.9 Å². The second-order valence-electron chi connectivity index (χ2n) is 5.19. The Labute approximate surface area is 118 Å². The topological polar surface area (TPSA) is 77.6 Å². The third kappa shape index (κ3) is 3.84. The fourth-order valence-corrected chi connectivity index (χ4v) is 2.30. The van der Waals surface area contributed by atoms with Crippen molar-refractivity contribution >= 4 is 11.6 Å². The number of nitrogen functional groups attached to an aromatic ring is 1. The SMILES string of the molecule is CN(CC1CCCCO1)C(=O)Cn1cc(N)ccc1=O. The molecule has 0 spiro atoms. The highest BCUT2D eigenvalue weighted by molar-refractivity contribution is 5.75. The van der Waals surface area contributed by atoms with Gasteiger partial charge in [-0.15, -0.1) is 0 Å². The van der Waals surface area contributed by atoms with Gasteiger partial charge in [-0.05, 0) is 25.3 Å². The molecule has 1 amide bonds. The summed E-state index contributed by atoms with van der Waals surface area (Å²) in [6.45, 7) is 1.34. The van der Waals surface area contributed by atoms with Crippen LogP contribution in [0.3, 0.4) is 0 Å². The van der Waals surface area contributed by atoms with E-state index < -0.39 is 0 Å². The van der Waals surface area contributed by atoms with Crippen LogP contribution in [0.4, 0.5) is 5.69 Å². The summed E-state index contributed by atoms with van der Waals surface area (Å²) < 4.78 is 6.94. The van der Waals surface area contributed by atoms with Gasteiger partial charge in [-0.3, -0.25) is 9.59 Å². The smallest absolute Gasteiger partial charge is 0.251 e. The molecule has 1 unspecified atom stereocenters. The number of anilines is 1. The zero-order chi connectivity index (χ0) is 14.5. The lowest BCUT2D eigenvalue weighted by molar-refractivity contribution is -0.133. The first kappa shape index (κ1) is 14.6. The monoisotopic (exact) mass is 279 g/mol. The van der Waals surface area contributed by atoms with Crippen molar-refractivity contribution in [3.05, 3.63) is 28.7 Å². The fourth-order valence-electron chi connectivity index (χ4n) is 2.30. The Morgan fingerprint density at radius 1 is 1.50 bits per heavy atom. The predicted molar refractivity (Wildman–Crippen MR) is 76.3 cm³/mol. The number of likely N-dealkylation sites (N-methyl/N-ethyl adjacent to an activating group) is 1. The molecule has 0 radical (unpaired) electrons. The number of ether oxygens (including phenoxy) is 1. The van der Waals surface area contributed by atoms with Crippen LogP contribution in [0.2, 0.25) is 0 Å². The lowest BCUT2D eigenvalue weighted by Crippen LogP contribution is -2.39. The molecule has 6 nitrogen and oxygen atoms in total. The molecule has 0 aromatic carbocycles. The summed E-state index contributed by atoms with van der Waals surface area (Å²) in [5, 5.41) is 0. The fraction of sp³-hybridized carbons (Fsp3) is 0.571. The van der Waals surface area contributed by atoms with Crippen LogP contribution in [0.1, 0.15) is 19.3 Å². The number of hydrogen-bond donors (Lipinski definition) is 1. The second kappa shape index (κ2) is 6.56. The maximum Gasteiger partial charge on any atom is 0.251 e. The van der Waals surface area contributed by atoms with Crippen LogP contribution in [-0.4, -0.2) is 41.7 Å². The van der Waals surface area contributed by atoms with Crippen molar-refractivity contribution in [3.63, 3.8) is 0 Å². The normalized spacial score (nSPS) is 18.8. The maximum absolute atomic E-state index is 12.1. The third-order valence-corrected chi connectivity index (χ3v) is 3.49. The van der Waals surface area contributed by atoms with E-state index in [0.29, 0.717) is 12.2 Å². The molecule has 1 saturated heterocycles. The zero-order valence-corrected chi connectivity index (χ0v) is 11.7. The molecule has 1 fully saturated rings. The molecule has 2 heterocycles. The van der Waals surface area contributed by atoms with Crippen molar-refractivity contribution < 1.29 is 9.53 Å². The summed E-state index contributed by atoms with van der Waals surface area (Å²) in [5.74, 6) is -0.119. The summed E-state index contributed by atoms with van der Waals surface area (Å²) >= 11 is 0. The van der Waals surface area contributed by atoms with E-state index in [2.05, 4.69) is 0 Å². The summed E-state index contributed by atoms with van der Waals surface area (Å²) in [4.78, 5) is 25.4. The summed E-state index contributed by atoms with van der Waals surface area (Å²) in [6.07, 6.45) is 4.81. The quantitative estimate of drug-likeness (QED) is 0.868. The number of rotatable bonds is 4. The Hall–Kier alpha value is -1.82. The van der Waals surface area contributed by atoms with Gasteiger partial charge in [-0.2, -0.15) is 0 Å². The van der Waals surface area contributed by atoms with Gasteiger partial charge in [0.2, 0.25) is 5.91 Å². The van der Waals surface area contributed by atoms with Gasteiger partial charge >= 0.3 is 0 Å². The Balaban J connectivity index is 1.93. The van der Waals surface area contributed by atoms with Crippen LogP contribution >= 0.6 is 0 Å². The highest BCUT2D eigenvalue weighted by atomic mass is 16.5. The first-order valence-corrected chi connectivity index (χ1v) is 6.88. The van der Waals surface area contributed by atoms with E-state index in [1.165, 1.54) is 22.9 Å². The lowest BCUT2D eigenvalue weighted by Gasteiger charge is -2.27. The summed E-state index contributed by atoms with van der Waals surface area (Å²) in [5.41, 5.74) is 5.87. The minimum absolute atomic E-state index is 0.00704. The minimum Gasteiger partial charge on any atom is -0.398 e. The molecule has 6 heteroatoms. The maximum atomic E-state index is 12.1. The van der Waals surface area contributed by atoms with Crippen LogP contribution in [0.25, 0.3) is 0 Å². The predicted octanol–water partition coefficient (Wildman–Crippen LogP) is 0.458. The first-order valence-electron chi connectivity index (χ1n) is 6.88. The van der Waals surface area contributed by atoms with Crippen LogP contribution in [-0.2, 0) is 16.1 Å². The Kier molecular flexibility index (Phi) is 4.79. The average molecular weight is 279 g/mol. The highest BCUT2D eigenvalue weighted by Gasteiger charge is 2.19. The highest BCUT2D eigenvalue weighted by Crippen LogP contribution is 2.13. The van der Waals surface area contributed by atoms with Gasteiger partial charge in [0.1, 0.15) is 6.54 Å². The van der Waals surface area contributed by atoms with E-state index in [0.717, 1.165) is 25.9 Å². The Bertz CT molecular complexity index is 521. The van der Waals surface area contributed by atoms with E-state index >= 15 is 0 Å². The number of amides is 1. The largest absolute Gasteiger partial charge is 0.398 e. The molecular weight excluding hydrogens is 258 g/mol. The summed E-state index contributed by atoms with van der Waals surface area (Å²) in [7, 11) is 1.73. The molecule has 0 aliphatic carbocycles. The van der Waals surface area contributed by atoms with Crippen molar-refractivity contribution in [1.82, 2.24) is 9.47 Å². The molecule has 20 heavy (non-hydrogen) atoms. The van der Waals surface area contributed by atoms with Crippen molar-refractivity contribution in [2.75, 3.05) is 25.9 Å². The Morgan fingerprint density at radius 2 is 2.30 bits per heavy atom. The van der Waals surface area contributed by atoms with Gasteiger partial charge in [-0.25, -0.2) is 0 Å². The standard InChI is InChI=1S/C14H21N3O3/c1-16(9-12-4-2-3-7-20-12)14(19)10-17-8-11(15)5-6-13(17)18/h5-6,8,12H,2-4,7,9-10,15H2,1H3. The van der Waals surface area contributed by atoms with Crippen molar-refractivity contribution in [2.24, 2.45) is 0 Å². The molecule has 1 aliphatic rings. The third-order valence-electron chi connectivity index (χ3n) is 3.49. The Morgan fingerprint density at radius 3 is 3.00 bits per heavy atom. The summed E-state index contributed by atoms with van der Waals surface area (Å²) in [6, 6.07) is 2.90. The van der Waals surface area contributed by atoms with Gasteiger partial charge in [0.25, 0.3) is 5.56 Å². The minimum atomic E-state index is -0.227. The molecule has 0 bridgehead atoms. The number of nitrogens with zero attached hydrogens (tertiary/aromatic N) is 2. The number of hydrogen-bond acceptors (Lipinski definition) is 4. The second-order valence-corrected chi connectivity index (χ2v) is 5.19. The van der Waals surface area contributed by atoms with E-state index in [9.17, 15) is 9.59 Å². The molecule has 0 saturated carbocycles. The number of pyridine rings is 1. The van der Waals surface area contributed by atoms with Gasteiger partial charge in [0.15, 0.2) is 0 Å². The van der Waals surface area contributed by atoms with Crippen molar-refractivity contribution in [3.8, 4) is 0 Å². The van der Waals surface area contributed by atoms with Crippen molar-refractivity contribution in [1.29, 1.82) is 0 Å². The number of aromatic nitrogens is 1. The average Bonchev–Trinajstić information content (AvgIpc) is 2.44. The molecule has 1 atom stereocenters. The van der Waals surface area contributed by atoms with Crippen LogP contribution in [0.5, 0.6) is 0 Å². The molecule has 110 valence electrons. The van der Waals surface area contributed by atoms with Crippen LogP contribution in [0.15, 0.2) is 23.1 Å². The van der Waals surface area contributed by atoms with E-state index in [4.69, 9.17) is 10.5 Å². The molecule has 1 aromatic rings. The lowest BCUT2D eigenvalue weighted by atomic mass is 10.1. The van der Waals surface area contributed by atoms with E-state index in [1.807, 2.05) is 0 Å². The molecule has 1 aliphatic heterocycles. The van der Waals surface area contributed by atoms with Gasteiger partial charge in [0.05, 0.1) is 6.10 Å². The first-order chi connectivity index (χ1) is 9.56. The number of carbonyl (C=O) groups is 1. The number of carbonyl (C=O) groups excluding carboxylic acids is 1. The van der Waals surface area contributed by atoms with E-state index in [1.54, 1.807) is 11.9 Å². The molecular formula is C14H21N3O3. The molecule has 2 N–H and O–H groups in total. The van der Waals surface area contributed by atoms with Crippen LogP contribution in [0, 0.1) is 0 Å². The zero-order valence-electron chi connectivity index (χ0n) is 11.7. The van der Waals surface area contributed by atoms with Gasteiger partial charge in [0, 0.05) is 38.1 Å². The van der Waals surface area contributed by atoms with Gasteiger partial charge < -0.3 is 19.9 Å². The van der Waals surface area contributed by atoms with Gasteiger partial charge in [-0.1, -0.05) is 0 Å².